The molecule has 0 spiro atoms. The Bertz CT molecular complexity index is 1300. The van der Waals surface area contributed by atoms with E-state index in [1.165, 1.54) is 0 Å². The van der Waals surface area contributed by atoms with E-state index >= 15 is 0 Å². The van der Waals surface area contributed by atoms with Crippen molar-refractivity contribution in [3.8, 4) is 11.1 Å². The number of hydrogen-bond acceptors (Lipinski definition) is 4. The summed E-state index contributed by atoms with van der Waals surface area (Å²) in [7, 11) is -3.47. The van der Waals surface area contributed by atoms with Gasteiger partial charge in [-0.3, -0.25) is 9.82 Å². The average molecular weight is 435 g/mol. The molecule has 2 N–H and O–H groups in total. The number of aromatic amines is 1. The molecule has 0 unspecified atom stereocenters. The molecule has 0 radical (unpaired) electrons. The Hall–Kier alpha value is -2.35. The molecule has 0 fully saturated rings. The van der Waals surface area contributed by atoms with Crippen molar-refractivity contribution in [2.45, 2.75) is 13.3 Å². The van der Waals surface area contributed by atoms with E-state index in [0.29, 0.717) is 28.3 Å². The van der Waals surface area contributed by atoms with Crippen molar-refractivity contribution >= 4 is 60.7 Å². The van der Waals surface area contributed by atoms with Crippen molar-refractivity contribution < 1.29 is 8.42 Å². The molecule has 2 heterocycles. The van der Waals surface area contributed by atoms with Crippen LogP contribution in [0.3, 0.4) is 0 Å². The molecule has 144 valence electrons. The van der Waals surface area contributed by atoms with Crippen LogP contribution < -0.4 is 4.72 Å². The molecule has 4 aromatic rings. The summed E-state index contributed by atoms with van der Waals surface area (Å²) in [5, 5.41) is 10.4. The van der Waals surface area contributed by atoms with Gasteiger partial charge in [-0.2, -0.15) is 5.10 Å². The van der Waals surface area contributed by atoms with Crippen LogP contribution in [0.2, 0.25) is 10.0 Å². The number of H-pyrrole nitrogens is 1. The third kappa shape index (κ3) is 3.41. The minimum atomic E-state index is -3.47. The summed E-state index contributed by atoms with van der Waals surface area (Å²) >= 11 is 12.9. The van der Waals surface area contributed by atoms with Crippen LogP contribution in [0.5, 0.6) is 0 Å². The number of rotatable bonds is 5. The first-order valence-corrected chi connectivity index (χ1v) is 11.0. The first-order chi connectivity index (χ1) is 13.4. The number of aromatic nitrogens is 3. The molecular formula is C19H16Cl2N4O2S. The maximum Gasteiger partial charge on any atom is 0.232 e. The second kappa shape index (κ2) is 7.24. The van der Waals surface area contributed by atoms with Crippen LogP contribution in [0.4, 0.5) is 5.69 Å². The van der Waals surface area contributed by atoms with Gasteiger partial charge >= 0.3 is 0 Å². The summed E-state index contributed by atoms with van der Waals surface area (Å²) in [6.45, 7) is 1.80. The van der Waals surface area contributed by atoms with Gasteiger partial charge in [0.15, 0.2) is 5.65 Å². The van der Waals surface area contributed by atoms with E-state index in [2.05, 4.69) is 19.9 Å². The lowest BCUT2D eigenvalue weighted by Gasteiger charge is -2.14. The predicted molar refractivity (Wildman–Crippen MR) is 115 cm³/mol. The van der Waals surface area contributed by atoms with Gasteiger partial charge in [-0.15, -0.1) is 0 Å². The van der Waals surface area contributed by atoms with Crippen molar-refractivity contribution in [2.75, 3.05) is 10.5 Å². The zero-order chi connectivity index (χ0) is 19.9. The Balaban J connectivity index is 1.84. The summed E-state index contributed by atoms with van der Waals surface area (Å²) in [6, 6.07) is 8.97. The fraction of sp³-hybridized carbons (Fsp3) is 0.158. The van der Waals surface area contributed by atoms with E-state index in [1.807, 2.05) is 18.2 Å². The Morgan fingerprint density at radius 3 is 2.71 bits per heavy atom. The summed E-state index contributed by atoms with van der Waals surface area (Å²) in [4.78, 5) is 4.36. The van der Waals surface area contributed by atoms with Crippen LogP contribution in [0.15, 0.2) is 42.7 Å². The number of anilines is 1. The predicted octanol–water partition coefficient (Wildman–Crippen LogP) is 5.24. The highest BCUT2D eigenvalue weighted by Crippen LogP contribution is 2.41. The van der Waals surface area contributed by atoms with Crippen molar-refractivity contribution in [1.82, 2.24) is 15.2 Å². The number of nitrogens with zero attached hydrogens (tertiary/aromatic N) is 2. The van der Waals surface area contributed by atoms with E-state index in [1.54, 1.807) is 31.5 Å². The summed E-state index contributed by atoms with van der Waals surface area (Å²) in [5.41, 5.74) is 2.35. The van der Waals surface area contributed by atoms with Gasteiger partial charge in [0.2, 0.25) is 10.0 Å². The number of pyridine rings is 1. The monoisotopic (exact) mass is 434 g/mol. The number of nitrogens with one attached hydrogen (secondary N) is 2. The second-order valence-corrected chi connectivity index (χ2v) is 9.02. The molecule has 0 saturated carbocycles. The van der Waals surface area contributed by atoms with E-state index in [-0.39, 0.29) is 10.8 Å². The third-order valence-electron chi connectivity index (χ3n) is 4.41. The number of hydrogen-bond donors (Lipinski definition) is 2. The average Bonchev–Trinajstić information content (AvgIpc) is 3.13. The van der Waals surface area contributed by atoms with Crippen LogP contribution in [0.25, 0.3) is 32.9 Å². The van der Waals surface area contributed by atoms with Crippen LogP contribution >= 0.6 is 23.2 Å². The lowest BCUT2D eigenvalue weighted by Crippen LogP contribution is -2.16. The van der Waals surface area contributed by atoms with Crippen LogP contribution in [-0.4, -0.2) is 29.4 Å². The molecule has 4 rings (SSSR count). The summed E-state index contributed by atoms with van der Waals surface area (Å²) < 4.78 is 26.8. The molecule has 2 aromatic heterocycles. The van der Waals surface area contributed by atoms with Crippen LogP contribution in [0.1, 0.15) is 13.3 Å². The first-order valence-electron chi connectivity index (χ1n) is 8.60. The molecule has 6 nitrogen and oxygen atoms in total. The molecule has 0 amide bonds. The number of halogens is 2. The van der Waals surface area contributed by atoms with Crippen molar-refractivity contribution in [3.05, 3.63) is 52.8 Å². The van der Waals surface area contributed by atoms with Gasteiger partial charge in [-0.1, -0.05) is 42.3 Å². The molecular weight excluding hydrogens is 419 g/mol. The Labute approximate surface area is 171 Å². The zero-order valence-electron chi connectivity index (χ0n) is 14.8. The Kier molecular flexibility index (Phi) is 4.91. The third-order valence-corrected chi connectivity index (χ3v) is 6.60. The smallest absolute Gasteiger partial charge is 0.232 e. The maximum absolute atomic E-state index is 12.1. The van der Waals surface area contributed by atoms with E-state index in [9.17, 15) is 8.42 Å². The molecule has 0 aliphatic rings. The highest BCUT2D eigenvalue weighted by molar-refractivity contribution is 7.92. The van der Waals surface area contributed by atoms with E-state index in [4.69, 9.17) is 23.2 Å². The lowest BCUT2D eigenvalue weighted by atomic mass is 10.0. The highest BCUT2D eigenvalue weighted by Gasteiger charge is 2.17. The normalized spacial score (nSPS) is 12.0. The van der Waals surface area contributed by atoms with Gasteiger partial charge < -0.3 is 0 Å². The molecule has 0 aliphatic carbocycles. The first kappa shape index (κ1) is 19.0. The minimum Gasteiger partial charge on any atom is -0.282 e. The summed E-state index contributed by atoms with van der Waals surface area (Å²) in [6.07, 6.45) is 3.98. The SMILES string of the molecule is CCCS(=O)(=O)Nc1ccc(Cl)c(-c2ccc3c(cnc4[nH]ncc43)c2)c1Cl. The van der Waals surface area contributed by atoms with Crippen molar-refractivity contribution in [2.24, 2.45) is 0 Å². The molecule has 2 aromatic carbocycles. The largest absolute Gasteiger partial charge is 0.282 e. The van der Waals surface area contributed by atoms with E-state index < -0.39 is 10.0 Å². The van der Waals surface area contributed by atoms with Gasteiger partial charge in [0.05, 0.1) is 27.7 Å². The van der Waals surface area contributed by atoms with Gasteiger partial charge in [-0.25, -0.2) is 13.4 Å². The topological polar surface area (TPSA) is 87.7 Å². The molecule has 28 heavy (non-hydrogen) atoms. The summed E-state index contributed by atoms with van der Waals surface area (Å²) in [5.74, 6) is 0.0175. The van der Waals surface area contributed by atoms with Gasteiger partial charge in [0.25, 0.3) is 0 Å². The molecule has 9 heteroatoms. The fourth-order valence-corrected chi connectivity index (χ4v) is 5.00. The van der Waals surface area contributed by atoms with Crippen molar-refractivity contribution in [3.63, 3.8) is 0 Å². The van der Waals surface area contributed by atoms with Crippen LogP contribution in [-0.2, 0) is 10.0 Å². The zero-order valence-corrected chi connectivity index (χ0v) is 17.2. The van der Waals surface area contributed by atoms with E-state index in [0.717, 1.165) is 21.7 Å². The molecule has 0 atom stereocenters. The Morgan fingerprint density at radius 2 is 1.93 bits per heavy atom. The van der Waals surface area contributed by atoms with Gasteiger partial charge in [-0.05, 0) is 35.6 Å². The number of fused-ring (bicyclic) bond motifs is 3. The van der Waals surface area contributed by atoms with Crippen molar-refractivity contribution in [1.29, 1.82) is 0 Å². The quantitative estimate of drug-likeness (QED) is 0.449. The second-order valence-electron chi connectivity index (χ2n) is 6.40. The van der Waals surface area contributed by atoms with Gasteiger partial charge in [0.1, 0.15) is 0 Å². The molecule has 0 saturated heterocycles. The fourth-order valence-electron chi connectivity index (χ4n) is 3.16. The molecule has 0 aliphatic heterocycles. The highest BCUT2D eigenvalue weighted by atomic mass is 35.5. The van der Waals surface area contributed by atoms with Gasteiger partial charge in [0, 0.05) is 22.5 Å². The maximum atomic E-state index is 12.1. The van der Waals surface area contributed by atoms with Crippen LogP contribution in [0, 0.1) is 0 Å². The molecule has 0 bridgehead atoms. The minimum absolute atomic E-state index is 0.0175. The standard InChI is InChI=1S/C19H16Cl2N4O2S/c1-2-7-28(26,27)25-16-6-5-15(20)17(18(16)21)11-3-4-13-12(8-11)9-22-19-14(13)10-23-24-19/h3-6,8-10,25H,2,7H2,1H3,(H,22,23,24). The number of benzene rings is 2. The lowest BCUT2D eigenvalue weighted by molar-refractivity contribution is 0.600. The Morgan fingerprint density at radius 1 is 1.11 bits per heavy atom. The number of sulfonamides is 1.